The molecule has 1 unspecified atom stereocenters. The first kappa shape index (κ1) is 37.2. The van der Waals surface area contributed by atoms with Gasteiger partial charge in [0.15, 0.2) is 5.75 Å². The lowest BCUT2D eigenvalue weighted by atomic mass is 10.1. The van der Waals surface area contributed by atoms with Gasteiger partial charge in [0.1, 0.15) is 10.0 Å². The molecule has 0 aliphatic heterocycles. The second kappa shape index (κ2) is 16.2. The van der Waals surface area contributed by atoms with Crippen molar-refractivity contribution >= 4 is 89.5 Å². The van der Waals surface area contributed by atoms with Gasteiger partial charge in [-0.05, 0) is 59.0 Å². The summed E-state index contributed by atoms with van der Waals surface area (Å²) >= 11 is 30.1. The van der Waals surface area contributed by atoms with Crippen LogP contribution < -0.4 is 4.74 Å². The Labute approximate surface area is 297 Å². The summed E-state index contributed by atoms with van der Waals surface area (Å²) in [6, 6.07) is 19.0. The zero-order valence-corrected chi connectivity index (χ0v) is 28.8. The van der Waals surface area contributed by atoms with E-state index in [1.807, 2.05) is 0 Å². The first-order valence-electron chi connectivity index (χ1n) is 13.3. The fourth-order valence-corrected chi connectivity index (χ4v) is 5.71. The Hall–Kier alpha value is -3.60. The van der Waals surface area contributed by atoms with Crippen molar-refractivity contribution in [3.05, 3.63) is 138 Å². The Morgan fingerprint density at radius 3 is 1.58 bits per heavy atom. The van der Waals surface area contributed by atoms with Crippen molar-refractivity contribution in [3.63, 3.8) is 0 Å². The fraction of sp³-hybridized carbons (Fsp3) is 0.0938. The highest BCUT2D eigenvalue weighted by atomic mass is 35.5. The third-order valence-electron chi connectivity index (χ3n) is 6.23. The standard InChI is InChI=1S/C32H19Cl5F2O8P/c1-17(16-22(40)44-28-26(36)24(34)23(33)25(35)27(28)37)18-12-14-21(15-13-18)32(38,39)48(43)47-31(45-29(41)19-8-4-2-5-9-19)46-30(42)20-10-6-3-7-11-20/h2-16,31H,1H3/q+1/b17-16+. The predicted molar refractivity (Wildman–Crippen MR) is 177 cm³/mol. The van der Waals surface area contributed by atoms with Crippen LogP contribution in [0.1, 0.15) is 38.8 Å². The van der Waals surface area contributed by atoms with Crippen molar-refractivity contribution in [2.75, 3.05) is 0 Å². The highest BCUT2D eigenvalue weighted by Gasteiger charge is 2.58. The van der Waals surface area contributed by atoms with E-state index >= 15 is 8.78 Å². The number of benzene rings is 4. The Kier molecular flexibility index (Phi) is 12.6. The molecule has 0 saturated carbocycles. The van der Waals surface area contributed by atoms with E-state index in [1.54, 1.807) is 12.1 Å². The molecule has 48 heavy (non-hydrogen) atoms. The molecule has 0 fully saturated rings. The maximum absolute atomic E-state index is 15.4. The third-order valence-corrected chi connectivity index (χ3v) is 9.55. The van der Waals surface area contributed by atoms with Crippen LogP contribution in [0.25, 0.3) is 5.57 Å². The van der Waals surface area contributed by atoms with Crippen LogP contribution in [0.5, 0.6) is 5.75 Å². The molecule has 0 bridgehead atoms. The summed E-state index contributed by atoms with van der Waals surface area (Å²) in [6.07, 6.45) is 1.02. The molecule has 0 aromatic heterocycles. The van der Waals surface area contributed by atoms with Crippen molar-refractivity contribution in [1.29, 1.82) is 0 Å². The van der Waals surface area contributed by atoms with E-state index in [1.165, 1.54) is 67.6 Å². The van der Waals surface area contributed by atoms with Crippen molar-refractivity contribution < 1.29 is 46.5 Å². The van der Waals surface area contributed by atoms with Gasteiger partial charge < -0.3 is 14.2 Å². The normalized spacial score (nSPS) is 12.0. The molecule has 1 atom stereocenters. The van der Waals surface area contributed by atoms with Crippen LogP contribution in [0.15, 0.2) is 91.0 Å². The summed E-state index contributed by atoms with van der Waals surface area (Å²) in [6.45, 7) is -0.918. The number of rotatable bonds is 11. The Bertz CT molecular complexity index is 1810. The molecular formula is C32H19Cl5F2O8P+. The second-order valence-electron chi connectivity index (χ2n) is 9.46. The number of hydrogen-bond acceptors (Lipinski definition) is 8. The predicted octanol–water partition coefficient (Wildman–Crippen LogP) is 10.8. The maximum atomic E-state index is 15.4. The van der Waals surface area contributed by atoms with Crippen LogP contribution in [0.4, 0.5) is 8.78 Å². The minimum atomic E-state index is -4.17. The molecule has 4 aromatic carbocycles. The van der Waals surface area contributed by atoms with Crippen LogP contribution in [-0.4, -0.2) is 24.4 Å². The monoisotopic (exact) mass is 775 g/mol. The average Bonchev–Trinajstić information content (AvgIpc) is 3.09. The van der Waals surface area contributed by atoms with Gasteiger partial charge in [-0.2, -0.15) is 0 Å². The molecular weight excluding hydrogens is 759 g/mol. The van der Waals surface area contributed by atoms with Gasteiger partial charge in [0.2, 0.25) is 0 Å². The molecule has 0 aliphatic rings. The summed E-state index contributed by atoms with van der Waals surface area (Å²) in [4.78, 5) is 37.8. The smallest absolute Gasteiger partial charge is 0.420 e. The molecule has 248 valence electrons. The quantitative estimate of drug-likeness (QED) is 0.0282. The minimum Gasteiger partial charge on any atom is -0.420 e. The number of halogens is 7. The average molecular weight is 778 g/mol. The topological polar surface area (TPSA) is 105 Å². The van der Waals surface area contributed by atoms with Gasteiger partial charge >= 0.3 is 38.1 Å². The molecule has 4 rings (SSSR count). The number of carbonyl (C=O) groups is 3. The molecule has 4 aromatic rings. The largest absolute Gasteiger partial charge is 0.599 e. The van der Waals surface area contributed by atoms with E-state index in [0.717, 1.165) is 18.2 Å². The number of carbonyl (C=O) groups excluding carboxylic acids is 3. The molecule has 8 nitrogen and oxygen atoms in total. The van der Waals surface area contributed by atoms with Gasteiger partial charge in [0.25, 0.3) is 0 Å². The summed E-state index contributed by atoms with van der Waals surface area (Å²) in [5.41, 5.74) is -4.42. The summed E-state index contributed by atoms with van der Waals surface area (Å²) in [5.74, 6) is -3.49. The lowest BCUT2D eigenvalue weighted by molar-refractivity contribution is -0.186. The lowest BCUT2D eigenvalue weighted by Gasteiger charge is -2.15. The highest BCUT2D eigenvalue weighted by Crippen LogP contribution is 2.52. The maximum Gasteiger partial charge on any atom is 0.599 e. The molecule has 0 aliphatic carbocycles. The molecule has 0 N–H and O–H groups in total. The molecule has 0 spiro atoms. The number of allylic oxidation sites excluding steroid dienone is 1. The van der Waals surface area contributed by atoms with Crippen LogP contribution >= 0.6 is 66.0 Å². The number of ether oxygens (including phenoxy) is 3. The Morgan fingerprint density at radius 2 is 1.12 bits per heavy atom. The van der Waals surface area contributed by atoms with Crippen molar-refractivity contribution in [3.8, 4) is 5.75 Å². The number of esters is 3. The molecule has 0 heterocycles. The first-order chi connectivity index (χ1) is 22.7. The lowest BCUT2D eigenvalue weighted by Crippen LogP contribution is -2.27. The van der Waals surface area contributed by atoms with Crippen LogP contribution in [0.3, 0.4) is 0 Å². The van der Waals surface area contributed by atoms with Gasteiger partial charge in [-0.25, -0.2) is 14.4 Å². The van der Waals surface area contributed by atoms with Crippen LogP contribution in [-0.2, 0) is 29.0 Å². The van der Waals surface area contributed by atoms with E-state index in [4.69, 9.17) is 76.7 Å². The van der Waals surface area contributed by atoms with Crippen molar-refractivity contribution in [2.45, 2.75) is 19.1 Å². The third kappa shape index (κ3) is 8.89. The fourth-order valence-electron chi connectivity index (χ4n) is 3.77. The SMILES string of the molecule is C/C(=C\C(=O)Oc1c(Cl)c(Cl)c(Cl)c(Cl)c1Cl)c1ccc(C(F)(F)[P+](=O)OC(OC(=O)c2ccccc2)OC(=O)c2ccccc2)cc1. The van der Waals surface area contributed by atoms with Gasteiger partial charge in [-0.1, -0.05) is 111 Å². The Morgan fingerprint density at radius 1 is 0.688 bits per heavy atom. The summed E-state index contributed by atoms with van der Waals surface area (Å²) in [5, 5.41) is -1.04. The van der Waals surface area contributed by atoms with Crippen LogP contribution in [0.2, 0.25) is 25.1 Å². The first-order valence-corrected chi connectivity index (χ1v) is 16.3. The van der Waals surface area contributed by atoms with Crippen molar-refractivity contribution in [1.82, 2.24) is 0 Å². The van der Waals surface area contributed by atoms with Gasteiger partial charge in [-0.3, -0.25) is 0 Å². The molecule has 0 saturated heterocycles. The van der Waals surface area contributed by atoms with E-state index in [9.17, 15) is 18.9 Å². The summed E-state index contributed by atoms with van der Waals surface area (Å²) < 4.78 is 63.5. The van der Waals surface area contributed by atoms with Crippen LogP contribution in [0, 0.1) is 0 Å². The summed E-state index contributed by atoms with van der Waals surface area (Å²) in [7, 11) is -4.00. The van der Waals surface area contributed by atoms with E-state index in [0.29, 0.717) is 5.56 Å². The Balaban J connectivity index is 1.49. The molecule has 0 amide bonds. The van der Waals surface area contributed by atoms with Crippen molar-refractivity contribution in [2.24, 2.45) is 0 Å². The van der Waals surface area contributed by atoms with Gasteiger partial charge in [-0.15, -0.1) is 8.78 Å². The zero-order valence-electron chi connectivity index (χ0n) is 24.1. The number of hydrogen-bond donors (Lipinski definition) is 0. The van der Waals surface area contributed by atoms with Gasteiger partial charge in [0, 0.05) is 6.08 Å². The van der Waals surface area contributed by atoms with E-state index < -0.39 is 43.6 Å². The van der Waals surface area contributed by atoms with E-state index in [-0.39, 0.29) is 47.6 Å². The van der Waals surface area contributed by atoms with E-state index in [2.05, 4.69) is 0 Å². The highest BCUT2D eigenvalue weighted by molar-refractivity contribution is 7.40. The minimum absolute atomic E-state index is 0.0151. The van der Waals surface area contributed by atoms with Gasteiger partial charge in [0.05, 0.1) is 31.8 Å². The zero-order chi connectivity index (χ0) is 35.2. The number of alkyl halides is 2. The molecule has 16 heteroatoms. The second-order valence-corrected chi connectivity index (χ2v) is 12.6. The molecule has 0 radical (unpaired) electrons.